The van der Waals surface area contributed by atoms with Crippen LogP contribution in [0.3, 0.4) is 0 Å². The van der Waals surface area contributed by atoms with Crippen LogP contribution in [0.25, 0.3) is 11.3 Å². The minimum absolute atomic E-state index is 0.183. The summed E-state index contributed by atoms with van der Waals surface area (Å²) in [6, 6.07) is 8.46. The van der Waals surface area contributed by atoms with Crippen LogP contribution in [0.2, 0.25) is 0 Å². The summed E-state index contributed by atoms with van der Waals surface area (Å²) in [4.78, 5) is 8.98. The maximum Gasteiger partial charge on any atom is 0.126 e. The Balaban J connectivity index is 1.90. The molecule has 3 nitrogen and oxygen atoms in total. The van der Waals surface area contributed by atoms with E-state index in [1.165, 1.54) is 4.90 Å². The van der Waals surface area contributed by atoms with Crippen LogP contribution in [0, 0.1) is 0 Å². The lowest BCUT2D eigenvalue weighted by atomic mass is 10.2. The predicted octanol–water partition coefficient (Wildman–Crippen LogP) is 2.75. The summed E-state index contributed by atoms with van der Waals surface area (Å²) < 4.78 is 0. The van der Waals surface area contributed by atoms with E-state index in [1.54, 1.807) is 11.8 Å². The van der Waals surface area contributed by atoms with Crippen LogP contribution in [0.5, 0.6) is 0 Å². The highest BCUT2D eigenvalue weighted by atomic mass is 32.2. The Morgan fingerprint density at radius 2 is 2.00 bits per heavy atom. The molecule has 0 unspecified atom stereocenters. The topological polar surface area (TPSA) is 54.7 Å². The van der Waals surface area contributed by atoms with Gasteiger partial charge in [0, 0.05) is 4.90 Å². The maximum absolute atomic E-state index is 6.11. The van der Waals surface area contributed by atoms with Gasteiger partial charge in [-0.1, -0.05) is 12.1 Å². The Morgan fingerprint density at radius 1 is 1.29 bits per heavy atom. The third kappa shape index (κ3) is 1.98. The second-order valence-corrected chi connectivity index (χ2v) is 5.41. The smallest absolute Gasteiger partial charge is 0.126 e. The van der Waals surface area contributed by atoms with Crippen LogP contribution in [-0.2, 0) is 5.54 Å². The van der Waals surface area contributed by atoms with Crippen molar-refractivity contribution in [2.75, 3.05) is 6.26 Å². The molecule has 0 amide bonds. The summed E-state index contributed by atoms with van der Waals surface area (Å²) in [7, 11) is 0. The molecule has 1 aliphatic carbocycles. The van der Waals surface area contributed by atoms with Crippen molar-refractivity contribution in [3.8, 4) is 11.3 Å². The molecule has 0 aliphatic heterocycles. The van der Waals surface area contributed by atoms with E-state index in [0.717, 1.165) is 29.9 Å². The minimum Gasteiger partial charge on any atom is -0.340 e. The van der Waals surface area contributed by atoms with E-state index >= 15 is 0 Å². The van der Waals surface area contributed by atoms with Crippen molar-refractivity contribution in [3.63, 3.8) is 0 Å². The van der Waals surface area contributed by atoms with Crippen LogP contribution >= 0.6 is 11.8 Å². The van der Waals surface area contributed by atoms with Crippen LogP contribution in [0.1, 0.15) is 18.7 Å². The zero-order valence-electron chi connectivity index (χ0n) is 9.73. The normalized spacial score (nSPS) is 17.1. The summed E-state index contributed by atoms with van der Waals surface area (Å²) in [6.07, 6.45) is 6.02. The van der Waals surface area contributed by atoms with Crippen molar-refractivity contribution in [3.05, 3.63) is 36.3 Å². The second-order valence-electron chi connectivity index (χ2n) is 4.53. The van der Waals surface area contributed by atoms with Crippen molar-refractivity contribution in [2.24, 2.45) is 5.73 Å². The maximum atomic E-state index is 6.11. The lowest BCUT2D eigenvalue weighted by molar-refractivity contribution is 0.685. The highest BCUT2D eigenvalue weighted by Crippen LogP contribution is 2.41. The molecule has 1 saturated carbocycles. The third-order valence-corrected chi connectivity index (χ3v) is 3.98. The fraction of sp³-hybridized carbons (Fsp3) is 0.308. The Hall–Kier alpha value is -1.26. The van der Waals surface area contributed by atoms with Gasteiger partial charge in [0.25, 0.3) is 0 Å². The Morgan fingerprint density at radius 3 is 2.59 bits per heavy atom. The van der Waals surface area contributed by atoms with E-state index < -0.39 is 0 Å². The number of rotatable bonds is 3. The van der Waals surface area contributed by atoms with Gasteiger partial charge in [0.15, 0.2) is 0 Å². The van der Waals surface area contributed by atoms with E-state index in [1.807, 2.05) is 6.20 Å². The molecule has 1 aromatic heterocycles. The number of aromatic amines is 1. The van der Waals surface area contributed by atoms with Crippen molar-refractivity contribution < 1.29 is 0 Å². The van der Waals surface area contributed by atoms with Gasteiger partial charge < -0.3 is 10.7 Å². The number of nitrogens with zero attached hydrogens (tertiary/aromatic N) is 1. The molecule has 1 fully saturated rings. The summed E-state index contributed by atoms with van der Waals surface area (Å²) >= 11 is 1.75. The molecule has 1 heterocycles. The summed E-state index contributed by atoms with van der Waals surface area (Å²) in [6.45, 7) is 0. The molecule has 17 heavy (non-hydrogen) atoms. The van der Waals surface area contributed by atoms with Crippen LogP contribution in [0.15, 0.2) is 35.4 Å². The number of thioether (sulfide) groups is 1. The number of nitrogens with two attached hydrogens (primary N) is 1. The summed E-state index contributed by atoms with van der Waals surface area (Å²) in [5.41, 5.74) is 8.13. The molecule has 4 heteroatoms. The van der Waals surface area contributed by atoms with Gasteiger partial charge >= 0.3 is 0 Å². The highest BCUT2D eigenvalue weighted by Gasteiger charge is 2.42. The van der Waals surface area contributed by atoms with Gasteiger partial charge in [-0.3, -0.25) is 0 Å². The van der Waals surface area contributed by atoms with Crippen LogP contribution in [0.4, 0.5) is 0 Å². The first-order valence-electron chi connectivity index (χ1n) is 5.70. The molecule has 0 radical (unpaired) electrons. The first-order chi connectivity index (χ1) is 8.21. The molecule has 88 valence electrons. The molecule has 0 saturated heterocycles. The standard InChI is InChI=1S/C13H15N3S/c1-17-10-4-2-9(3-5-10)11-8-15-12(16-11)13(14)6-7-13/h2-5,8H,6-7,14H2,1H3,(H,15,16). The van der Waals surface area contributed by atoms with Gasteiger partial charge in [-0.05, 0) is 36.8 Å². The monoisotopic (exact) mass is 245 g/mol. The van der Waals surface area contributed by atoms with Gasteiger partial charge in [-0.15, -0.1) is 11.8 Å². The zero-order valence-corrected chi connectivity index (χ0v) is 10.6. The molecule has 1 aliphatic rings. The lowest BCUT2D eigenvalue weighted by Gasteiger charge is -2.03. The average molecular weight is 245 g/mol. The second kappa shape index (κ2) is 3.89. The minimum atomic E-state index is -0.183. The largest absolute Gasteiger partial charge is 0.340 e. The van der Waals surface area contributed by atoms with Crippen molar-refractivity contribution in [1.29, 1.82) is 0 Å². The molecule has 3 N–H and O–H groups in total. The molecule has 2 aromatic rings. The van der Waals surface area contributed by atoms with E-state index in [4.69, 9.17) is 5.73 Å². The van der Waals surface area contributed by atoms with Gasteiger partial charge in [-0.25, -0.2) is 4.98 Å². The molecule has 1 aromatic carbocycles. The van der Waals surface area contributed by atoms with Crippen molar-refractivity contribution in [2.45, 2.75) is 23.3 Å². The van der Waals surface area contributed by atoms with Gasteiger partial charge in [-0.2, -0.15) is 0 Å². The fourth-order valence-corrected chi connectivity index (χ4v) is 2.27. The Labute approximate surface area is 105 Å². The average Bonchev–Trinajstić information content (AvgIpc) is 2.94. The number of H-pyrrole nitrogens is 1. The molecular formula is C13H15N3S. The van der Waals surface area contributed by atoms with Crippen LogP contribution < -0.4 is 5.73 Å². The first kappa shape index (κ1) is 10.9. The van der Waals surface area contributed by atoms with Crippen molar-refractivity contribution in [1.82, 2.24) is 9.97 Å². The van der Waals surface area contributed by atoms with E-state index in [2.05, 4.69) is 40.5 Å². The molecule has 0 atom stereocenters. The lowest BCUT2D eigenvalue weighted by Crippen LogP contribution is -2.20. The molecule has 0 spiro atoms. The van der Waals surface area contributed by atoms with Gasteiger partial charge in [0.1, 0.15) is 5.82 Å². The number of benzene rings is 1. The van der Waals surface area contributed by atoms with Crippen LogP contribution in [-0.4, -0.2) is 16.2 Å². The summed E-state index contributed by atoms with van der Waals surface area (Å²) in [5.74, 6) is 0.918. The fourth-order valence-electron chi connectivity index (χ4n) is 1.86. The van der Waals surface area contributed by atoms with E-state index in [0.29, 0.717) is 0 Å². The van der Waals surface area contributed by atoms with Gasteiger partial charge in [0.05, 0.1) is 17.4 Å². The number of aromatic nitrogens is 2. The van der Waals surface area contributed by atoms with Crippen molar-refractivity contribution >= 4 is 11.8 Å². The highest BCUT2D eigenvalue weighted by molar-refractivity contribution is 7.98. The van der Waals surface area contributed by atoms with E-state index in [-0.39, 0.29) is 5.54 Å². The number of hydrogen-bond donors (Lipinski definition) is 2. The quantitative estimate of drug-likeness (QED) is 0.817. The predicted molar refractivity (Wildman–Crippen MR) is 70.9 cm³/mol. The molecule has 3 rings (SSSR count). The number of imidazole rings is 1. The Bertz CT molecular complexity index is 526. The Kier molecular flexibility index (Phi) is 2.49. The summed E-state index contributed by atoms with van der Waals surface area (Å²) in [5, 5.41) is 0. The SMILES string of the molecule is CSc1ccc(-c2cnc(C3(N)CC3)[nH]2)cc1. The third-order valence-electron chi connectivity index (χ3n) is 3.24. The number of nitrogens with one attached hydrogen (secondary N) is 1. The molecular weight excluding hydrogens is 230 g/mol. The zero-order chi connectivity index (χ0) is 11.9. The molecule has 0 bridgehead atoms. The first-order valence-corrected chi connectivity index (χ1v) is 6.92. The van der Waals surface area contributed by atoms with E-state index in [9.17, 15) is 0 Å². The van der Waals surface area contributed by atoms with Gasteiger partial charge in [0.2, 0.25) is 0 Å². The number of hydrogen-bond acceptors (Lipinski definition) is 3.